The molecule has 0 bridgehead atoms. The summed E-state index contributed by atoms with van der Waals surface area (Å²) in [6.45, 7) is 0. The smallest absolute Gasteiger partial charge is 0.282 e. The van der Waals surface area contributed by atoms with Crippen LogP contribution in [-0.2, 0) is 0 Å². The summed E-state index contributed by atoms with van der Waals surface area (Å²) in [5, 5.41) is 9.17. The molecular weight excluding hydrogens is 178 g/mol. The lowest BCUT2D eigenvalue weighted by molar-refractivity contribution is 0.175. The van der Waals surface area contributed by atoms with Gasteiger partial charge in [0.1, 0.15) is 0 Å². The molecule has 0 unspecified atom stereocenters. The minimum Gasteiger partial charge on any atom is -0.425 e. The molecule has 2 aromatic rings. The molecule has 0 atom stereocenters. The molecule has 14 heavy (non-hydrogen) atoms. The first-order valence-electron chi connectivity index (χ1n) is 4.25. The number of hydrogen-bond donors (Lipinski definition) is 1. The van der Waals surface area contributed by atoms with Crippen LogP contribution in [-0.4, -0.2) is 9.94 Å². The minimum absolute atomic E-state index is 0.426. The number of benzene rings is 1. The summed E-state index contributed by atoms with van der Waals surface area (Å²) in [4.78, 5) is 10.9. The van der Waals surface area contributed by atoms with Gasteiger partial charge in [-0.3, -0.25) is 4.79 Å². The predicted molar refractivity (Wildman–Crippen MR) is 53.3 cm³/mol. The first-order chi connectivity index (χ1) is 6.77. The van der Waals surface area contributed by atoms with E-state index < -0.39 is 5.56 Å². The first kappa shape index (κ1) is 8.56. The van der Waals surface area contributed by atoms with Crippen LogP contribution in [0.2, 0.25) is 0 Å². The Kier molecular flexibility index (Phi) is 2.07. The second-order valence-electron chi connectivity index (χ2n) is 2.97. The molecule has 0 saturated carbocycles. The van der Waals surface area contributed by atoms with E-state index in [2.05, 4.69) is 0 Å². The summed E-state index contributed by atoms with van der Waals surface area (Å²) in [7, 11) is 0. The average Bonchev–Trinajstić information content (AvgIpc) is 2.23. The van der Waals surface area contributed by atoms with Crippen LogP contribution in [0.1, 0.15) is 0 Å². The van der Waals surface area contributed by atoms with E-state index in [4.69, 9.17) is 5.21 Å². The highest BCUT2D eigenvalue weighted by molar-refractivity contribution is 5.61. The average molecular weight is 187 g/mol. The second kappa shape index (κ2) is 3.38. The molecule has 1 aromatic carbocycles. The van der Waals surface area contributed by atoms with Crippen molar-refractivity contribution >= 4 is 0 Å². The normalized spacial score (nSPS) is 10.0. The SMILES string of the molecule is O=c1ccc(-c2ccccc2)cn1O. The fraction of sp³-hybridized carbons (Fsp3) is 0. The van der Waals surface area contributed by atoms with Crippen molar-refractivity contribution in [1.82, 2.24) is 4.73 Å². The number of pyridine rings is 1. The molecular formula is C11H9NO2. The second-order valence-corrected chi connectivity index (χ2v) is 2.97. The van der Waals surface area contributed by atoms with E-state index in [1.165, 1.54) is 12.3 Å². The number of nitrogens with zero attached hydrogens (tertiary/aromatic N) is 1. The summed E-state index contributed by atoms with van der Waals surface area (Å²) >= 11 is 0. The quantitative estimate of drug-likeness (QED) is 0.691. The molecule has 0 radical (unpaired) electrons. The molecule has 0 saturated heterocycles. The van der Waals surface area contributed by atoms with E-state index in [9.17, 15) is 4.79 Å². The summed E-state index contributed by atoms with van der Waals surface area (Å²) in [6, 6.07) is 12.6. The van der Waals surface area contributed by atoms with Gasteiger partial charge in [-0.25, -0.2) is 0 Å². The molecule has 0 spiro atoms. The molecule has 3 heteroatoms. The molecule has 0 aliphatic heterocycles. The number of aromatic nitrogens is 1. The third kappa shape index (κ3) is 1.52. The van der Waals surface area contributed by atoms with Crippen molar-refractivity contribution in [2.24, 2.45) is 0 Å². The first-order valence-corrected chi connectivity index (χ1v) is 4.25. The minimum atomic E-state index is -0.426. The number of rotatable bonds is 1. The van der Waals surface area contributed by atoms with Crippen LogP contribution in [0.4, 0.5) is 0 Å². The Bertz CT molecular complexity index is 488. The standard InChI is InChI=1S/C11H9NO2/c13-11-7-6-10(8-12(11)14)9-4-2-1-3-5-9/h1-8,14H. The fourth-order valence-electron chi connectivity index (χ4n) is 1.28. The van der Waals surface area contributed by atoms with Crippen LogP contribution in [0.25, 0.3) is 11.1 Å². The van der Waals surface area contributed by atoms with Crippen molar-refractivity contribution in [1.29, 1.82) is 0 Å². The van der Waals surface area contributed by atoms with Crippen LogP contribution in [0, 0.1) is 0 Å². The molecule has 0 amide bonds. The highest BCUT2D eigenvalue weighted by atomic mass is 16.5. The Hall–Kier alpha value is -2.03. The van der Waals surface area contributed by atoms with Gasteiger partial charge >= 0.3 is 0 Å². The summed E-state index contributed by atoms with van der Waals surface area (Å²) in [5.41, 5.74) is 1.35. The van der Waals surface area contributed by atoms with Crippen molar-refractivity contribution < 1.29 is 5.21 Å². The van der Waals surface area contributed by atoms with Gasteiger partial charge in [-0.05, 0) is 11.6 Å². The third-order valence-corrected chi connectivity index (χ3v) is 2.00. The topological polar surface area (TPSA) is 42.2 Å². The fourth-order valence-corrected chi connectivity index (χ4v) is 1.28. The van der Waals surface area contributed by atoms with Crippen LogP contribution in [0.15, 0.2) is 53.5 Å². The van der Waals surface area contributed by atoms with Crippen LogP contribution in [0.5, 0.6) is 0 Å². The molecule has 70 valence electrons. The molecule has 0 fully saturated rings. The van der Waals surface area contributed by atoms with Gasteiger partial charge < -0.3 is 5.21 Å². The van der Waals surface area contributed by atoms with Crippen molar-refractivity contribution in [2.45, 2.75) is 0 Å². The maximum atomic E-state index is 10.9. The van der Waals surface area contributed by atoms with E-state index in [-0.39, 0.29) is 0 Å². The largest absolute Gasteiger partial charge is 0.425 e. The lowest BCUT2D eigenvalue weighted by atomic mass is 10.1. The van der Waals surface area contributed by atoms with Gasteiger partial charge in [0, 0.05) is 11.6 Å². The summed E-state index contributed by atoms with van der Waals surface area (Å²) in [6.07, 6.45) is 1.40. The van der Waals surface area contributed by atoms with Gasteiger partial charge in [0.05, 0.1) is 6.20 Å². The summed E-state index contributed by atoms with van der Waals surface area (Å²) in [5.74, 6) is 0. The monoisotopic (exact) mass is 187 g/mol. The van der Waals surface area contributed by atoms with Gasteiger partial charge in [-0.2, -0.15) is 4.73 Å². The number of hydrogen-bond acceptors (Lipinski definition) is 2. The van der Waals surface area contributed by atoms with Crippen molar-refractivity contribution in [3.8, 4) is 11.1 Å². The Labute approximate surface area is 80.8 Å². The van der Waals surface area contributed by atoms with Gasteiger partial charge in [-0.1, -0.05) is 30.3 Å². The highest BCUT2D eigenvalue weighted by Gasteiger charge is 1.98. The Morgan fingerprint density at radius 1 is 0.929 bits per heavy atom. The van der Waals surface area contributed by atoms with E-state index in [0.29, 0.717) is 4.73 Å². The van der Waals surface area contributed by atoms with E-state index >= 15 is 0 Å². The van der Waals surface area contributed by atoms with Crippen LogP contribution < -0.4 is 5.56 Å². The molecule has 1 heterocycles. The Balaban J connectivity index is 2.54. The van der Waals surface area contributed by atoms with Gasteiger partial charge in [0.15, 0.2) is 0 Å². The van der Waals surface area contributed by atoms with Crippen molar-refractivity contribution in [3.63, 3.8) is 0 Å². The lowest BCUT2D eigenvalue weighted by Gasteiger charge is -2.01. The van der Waals surface area contributed by atoms with Crippen molar-refractivity contribution in [3.05, 3.63) is 59.0 Å². The summed E-state index contributed by atoms with van der Waals surface area (Å²) < 4.78 is 0.586. The van der Waals surface area contributed by atoms with E-state index in [1.54, 1.807) is 6.07 Å². The third-order valence-electron chi connectivity index (χ3n) is 2.00. The highest BCUT2D eigenvalue weighted by Crippen LogP contribution is 2.16. The van der Waals surface area contributed by atoms with Crippen molar-refractivity contribution in [2.75, 3.05) is 0 Å². The zero-order chi connectivity index (χ0) is 9.97. The molecule has 0 aliphatic rings. The molecule has 1 N–H and O–H groups in total. The van der Waals surface area contributed by atoms with Gasteiger partial charge in [0.2, 0.25) is 0 Å². The maximum Gasteiger partial charge on any atom is 0.282 e. The van der Waals surface area contributed by atoms with Gasteiger partial charge in [-0.15, -0.1) is 0 Å². The molecule has 2 rings (SSSR count). The van der Waals surface area contributed by atoms with Gasteiger partial charge in [0.25, 0.3) is 5.56 Å². The van der Waals surface area contributed by atoms with Crippen LogP contribution in [0.3, 0.4) is 0 Å². The zero-order valence-electron chi connectivity index (χ0n) is 7.42. The van der Waals surface area contributed by atoms with E-state index in [0.717, 1.165) is 11.1 Å². The zero-order valence-corrected chi connectivity index (χ0v) is 7.42. The molecule has 0 aliphatic carbocycles. The Morgan fingerprint density at radius 3 is 2.29 bits per heavy atom. The molecule has 1 aromatic heterocycles. The van der Waals surface area contributed by atoms with E-state index in [1.807, 2.05) is 30.3 Å². The molecule has 3 nitrogen and oxygen atoms in total. The maximum absolute atomic E-state index is 10.9. The lowest BCUT2D eigenvalue weighted by Crippen LogP contribution is -2.14. The Morgan fingerprint density at radius 2 is 1.64 bits per heavy atom. The van der Waals surface area contributed by atoms with Crippen LogP contribution >= 0.6 is 0 Å². The predicted octanol–water partition coefficient (Wildman–Crippen LogP) is 1.75.